The molecule has 4 aromatic carbocycles. The van der Waals surface area contributed by atoms with Gasteiger partial charge in [-0.1, -0.05) is 54.6 Å². The Kier molecular flexibility index (Phi) is 3.22. The quantitative estimate of drug-likeness (QED) is 0.227. The van der Waals surface area contributed by atoms with Crippen LogP contribution in [0.15, 0.2) is 83.3 Å². The second-order valence-corrected chi connectivity index (χ2v) is 7.18. The van der Waals surface area contributed by atoms with Gasteiger partial charge < -0.3 is 4.42 Å². The number of hydrogen-bond donors (Lipinski definition) is 0. The Morgan fingerprint density at radius 3 is 2.32 bits per heavy atom. The molecule has 0 fully saturated rings. The molecule has 0 aliphatic heterocycles. The van der Waals surface area contributed by atoms with E-state index in [-0.39, 0.29) is 5.28 Å². The van der Waals surface area contributed by atoms with Gasteiger partial charge in [-0.3, -0.25) is 0 Å². The minimum absolute atomic E-state index is 0.228. The van der Waals surface area contributed by atoms with E-state index >= 15 is 0 Å². The molecule has 0 spiro atoms. The predicted molar refractivity (Wildman–Crippen MR) is 115 cm³/mol. The molecule has 28 heavy (non-hydrogen) atoms. The minimum Gasteiger partial charge on any atom is -0.455 e. The highest BCUT2D eigenvalue weighted by Crippen LogP contribution is 2.38. The first-order valence-electron chi connectivity index (χ1n) is 9.05. The van der Waals surface area contributed by atoms with E-state index in [9.17, 15) is 0 Å². The van der Waals surface area contributed by atoms with Crippen molar-refractivity contribution in [2.75, 3.05) is 0 Å². The third-order valence-electron chi connectivity index (χ3n) is 5.20. The first kappa shape index (κ1) is 15.6. The van der Waals surface area contributed by atoms with Crippen LogP contribution < -0.4 is 0 Å². The molecule has 132 valence electrons. The van der Waals surface area contributed by atoms with Crippen molar-refractivity contribution in [1.29, 1.82) is 0 Å². The molecule has 2 aromatic heterocycles. The van der Waals surface area contributed by atoms with Crippen LogP contribution in [0.4, 0.5) is 0 Å². The fourth-order valence-corrected chi connectivity index (χ4v) is 4.10. The van der Waals surface area contributed by atoms with Crippen LogP contribution in [0.5, 0.6) is 0 Å². The van der Waals surface area contributed by atoms with Crippen LogP contribution in [0.25, 0.3) is 54.9 Å². The molecule has 0 N–H and O–H groups in total. The van der Waals surface area contributed by atoms with Crippen LogP contribution in [0.3, 0.4) is 0 Å². The van der Waals surface area contributed by atoms with Gasteiger partial charge in [-0.15, -0.1) is 0 Å². The van der Waals surface area contributed by atoms with E-state index in [1.807, 2.05) is 42.5 Å². The van der Waals surface area contributed by atoms with E-state index in [0.29, 0.717) is 0 Å². The number of para-hydroxylation sites is 2. The fourth-order valence-electron chi connectivity index (χ4n) is 3.93. The zero-order chi connectivity index (χ0) is 18.7. The van der Waals surface area contributed by atoms with Gasteiger partial charge in [0.2, 0.25) is 5.28 Å². The molecule has 0 atom stereocenters. The zero-order valence-electron chi connectivity index (χ0n) is 14.7. The lowest BCUT2D eigenvalue weighted by Gasteiger charge is -2.08. The van der Waals surface area contributed by atoms with E-state index in [1.54, 1.807) is 0 Å². The number of halogens is 1. The molecule has 0 unspecified atom stereocenters. The summed E-state index contributed by atoms with van der Waals surface area (Å²) in [5, 5.41) is 5.60. The van der Waals surface area contributed by atoms with Crippen LogP contribution in [-0.2, 0) is 0 Å². The van der Waals surface area contributed by atoms with Gasteiger partial charge in [0.05, 0.1) is 11.2 Å². The number of benzene rings is 4. The summed E-state index contributed by atoms with van der Waals surface area (Å²) < 4.78 is 6.21. The van der Waals surface area contributed by atoms with E-state index < -0.39 is 0 Å². The number of fused-ring (bicyclic) bond motifs is 5. The third-order valence-corrected chi connectivity index (χ3v) is 5.36. The molecule has 0 bridgehead atoms. The Bertz CT molecular complexity index is 1530. The maximum atomic E-state index is 6.30. The second-order valence-electron chi connectivity index (χ2n) is 6.84. The van der Waals surface area contributed by atoms with Crippen molar-refractivity contribution >= 4 is 55.2 Å². The van der Waals surface area contributed by atoms with Crippen molar-refractivity contribution in [3.8, 4) is 11.3 Å². The molecule has 3 nitrogen and oxygen atoms in total. The van der Waals surface area contributed by atoms with Gasteiger partial charge in [-0.25, -0.2) is 9.97 Å². The zero-order valence-corrected chi connectivity index (χ0v) is 15.4. The second kappa shape index (κ2) is 5.78. The summed E-state index contributed by atoms with van der Waals surface area (Å²) in [6.07, 6.45) is 0. The van der Waals surface area contributed by atoms with Crippen LogP contribution >= 0.6 is 11.6 Å². The van der Waals surface area contributed by atoms with Crippen LogP contribution in [-0.4, -0.2) is 9.97 Å². The molecule has 0 saturated carbocycles. The van der Waals surface area contributed by atoms with Crippen molar-refractivity contribution in [2.45, 2.75) is 0 Å². The van der Waals surface area contributed by atoms with Gasteiger partial charge in [0, 0.05) is 21.7 Å². The largest absolute Gasteiger partial charge is 0.455 e. The number of rotatable bonds is 1. The van der Waals surface area contributed by atoms with Gasteiger partial charge in [-0.2, -0.15) is 0 Å². The predicted octanol–water partition coefficient (Wildman–Crippen LogP) is 7.00. The molecule has 0 aliphatic rings. The molecule has 0 amide bonds. The van der Waals surface area contributed by atoms with Crippen LogP contribution in [0.1, 0.15) is 0 Å². The van der Waals surface area contributed by atoms with Gasteiger partial charge >= 0.3 is 0 Å². The highest BCUT2D eigenvalue weighted by molar-refractivity contribution is 6.29. The van der Waals surface area contributed by atoms with E-state index in [4.69, 9.17) is 16.0 Å². The normalized spacial score (nSPS) is 11.8. The van der Waals surface area contributed by atoms with E-state index in [0.717, 1.165) is 54.9 Å². The summed E-state index contributed by atoms with van der Waals surface area (Å²) in [6.45, 7) is 0. The van der Waals surface area contributed by atoms with E-state index in [2.05, 4.69) is 46.4 Å². The Morgan fingerprint density at radius 2 is 1.43 bits per heavy atom. The van der Waals surface area contributed by atoms with Gasteiger partial charge in [0.15, 0.2) is 0 Å². The fraction of sp³-hybridized carbons (Fsp3) is 0. The molecular weight excluding hydrogens is 368 g/mol. The van der Waals surface area contributed by atoms with Crippen molar-refractivity contribution in [1.82, 2.24) is 9.97 Å². The smallest absolute Gasteiger partial charge is 0.223 e. The van der Waals surface area contributed by atoms with Crippen molar-refractivity contribution in [3.05, 3.63) is 84.1 Å². The molecule has 6 rings (SSSR count). The summed E-state index contributed by atoms with van der Waals surface area (Å²) in [4.78, 5) is 9.05. The molecule has 0 radical (unpaired) electrons. The Balaban J connectivity index is 1.76. The van der Waals surface area contributed by atoms with Crippen molar-refractivity contribution < 1.29 is 4.42 Å². The summed E-state index contributed by atoms with van der Waals surface area (Å²) >= 11 is 6.30. The average Bonchev–Trinajstić information content (AvgIpc) is 3.10. The van der Waals surface area contributed by atoms with Gasteiger partial charge in [0.25, 0.3) is 0 Å². The number of aromatic nitrogens is 2. The standard InChI is InChI=1S/C24H13ClN2O/c25-24-26-20-13-15-7-2-1-6-14(15)12-19(20)22(27-24)18-10-5-9-17-16-8-3-4-11-21(16)28-23(17)18/h1-13H. The third kappa shape index (κ3) is 2.23. The molecule has 0 saturated heterocycles. The van der Waals surface area contributed by atoms with Gasteiger partial charge in [-0.05, 0) is 46.6 Å². The highest BCUT2D eigenvalue weighted by atomic mass is 35.5. The molecular formula is C24H13ClN2O. The Labute approximate surface area is 165 Å². The summed E-state index contributed by atoms with van der Waals surface area (Å²) in [5.41, 5.74) is 4.19. The van der Waals surface area contributed by atoms with Crippen LogP contribution in [0.2, 0.25) is 5.28 Å². The Morgan fingerprint density at radius 1 is 0.679 bits per heavy atom. The Hall–Kier alpha value is -3.43. The summed E-state index contributed by atoms with van der Waals surface area (Å²) in [6, 6.07) is 26.6. The number of furan rings is 1. The first-order valence-corrected chi connectivity index (χ1v) is 9.42. The lowest BCUT2D eigenvalue weighted by molar-refractivity contribution is 0.670. The van der Waals surface area contributed by atoms with Gasteiger partial charge in [0.1, 0.15) is 11.2 Å². The maximum Gasteiger partial charge on any atom is 0.223 e. The average molecular weight is 381 g/mol. The number of nitrogens with zero attached hydrogens (tertiary/aromatic N) is 2. The summed E-state index contributed by atoms with van der Waals surface area (Å²) in [7, 11) is 0. The minimum atomic E-state index is 0.228. The SMILES string of the molecule is Clc1nc(-c2cccc3c2oc2ccccc23)c2cc3ccccc3cc2n1. The van der Waals surface area contributed by atoms with E-state index in [1.165, 1.54) is 0 Å². The van der Waals surface area contributed by atoms with Crippen LogP contribution in [0, 0.1) is 0 Å². The lowest BCUT2D eigenvalue weighted by Crippen LogP contribution is -1.92. The van der Waals surface area contributed by atoms with Crippen molar-refractivity contribution in [3.63, 3.8) is 0 Å². The lowest BCUT2D eigenvalue weighted by atomic mass is 10.0. The monoisotopic (exact) mass is 380 g/mol. The van der Waals surface area contributed by atoms with Crippen molar-refractivity contribution in [2.24, 2.45) is 0 Å². The topological polar surface area (TPSA) is 38.9 Å². The number of hydrogen-bond acceptors (Lipinski definition) is 3. The molecule has 4 heteroatoms. The summed E-state index contributed by atoms with van der Waals surface area (Å²) in [5.74, 6) is 0. The maximum absolute atomic E-state index is 6.30. The first-order chi connectivity index (χ1) is 13.8. The molecule has 2 heterocycles. The molecule has 6 aromatic rings. The highest BCUT2D eigenvalue weighted by Gasteiger charge is 2.16. The molecule has 0 aliphatic carbocycles.